The number of nitrogens with zero attached hydrogens (tertiary/aromatic N) is 1. The Hall–Kier alpha value is -1.66. The average molecular weight is 323 g/mol. The molecule has 1 aromatic rings. The normalized spacial score (nSPS) is 11.4. The van der Waals surface area contributed by atoms with E-state index in [1.807, 2.05) is 0 Å². The van der Waals surface area contributed by atoms with Gasteiger partial charge in [0.25, 0.3) is 5.91 Å². The Kier molecular flexibility index (Phi) is 5.91. The summed E-state index contributed by atoms with van der Waals surface area (Å²) in [4.78, 5) is 13.4. The smallest absolute Gasteiger partial charge is 0.260 e. The lowest BCUT2D eigenvalue weighted by Crippen LogP contribution is -2.38. The summed E-state index contributed by atoms with van der Waals surface area (Å²) >= 11 is 0. The number of carbonyl (C=O) groups is 1. The van der Waals surface area contributed by atoms with Gasteiger partial charge in [0, 0.05) is 13.1 Å². The number of hydrogen-bond donors (Lipinski definition) is 0. The van der Waals surface area contributed by atoms with Gasteiger partial charge in [0.05, 0.1) is 0 Å². The lowest BCUT2D eigenvalue weighted by atomic mass is 10.1. The minimum absolute atomic E-state index is 0.0241. The maximum Gasteiger partial charge on any atom is 0.260 e. The monoisotopic (exact) mass is 323 g/mol. The third-order valence-electron chi connectivity index (χ3n) is 2.88. The summed E-state index contributed by atoms with van der Waals surface area (Å²) in [5.41, 5.74) is -1.40. The molecular weight excluding hydrogens is 305 g/mol. The number of carbonyl (C=O) groups excluding carboxylic acids is 1. The lowest BCUT2D eigenvalue weighted by Gasteiger charge is -2.27. The Morgan fingerprint density at radius 1 is 0.773 bits per heavy atom. The standard InChI is InChI=1S/C15H18F5NO/c1-7(2)5-21(6-8(3)4)15(22)9-10(16)12(18)14(20)13(19)11(9)17/h7-8H,5-6H2,1-4H3. The van der Waals surface area contributed by atoms with Crippen LogP contribution in [-0.2, 0) is 0 Å². The molecule has 0 aliphatic carbocycles. The summed E-state index contributed by atoms with van der Waals surface area (Å²) in [6, 6.07) is 0. The van der Waals surface area contributed by atoms with E-state index in [4.69, 9.17) is 0 Å². The molecule has 0 spiro atoms. The quantitative estimate of drug-likeness (QED) is 0.453. The van der Waals surface area contributed by atoms with Crippen LogP contribution in [0.2, 0.25) is 0 Å². The second-order valence-corrected chi connectivity index (χ2v) is 5.94. The Morgan fingerprint density at radius 2 is 1.09 bits per heavy atom. The molecule has 1 amide bonds. The second-order valence-electron chi connectivity index (χ2n) is 5.94. The van der Waals surface area contributed by atoms with E-state index < -0.39 is 40.6 Å². The van der Waals surface area contributed by atoms with Gasteiger partial charge in [0.1, 0.15) is 5.56 Å². The van der Waals surface area contributed by atoms with Gasteiger partial charge < -0.3 is 4.90 Å². The van der Waals surface area contributed by atoms with Crippen molar-refractivity contribution in [2.45, 2.75) is 27.7 Å². The minimum atomic E-state index is -2.27. The van der Waals surface area contributed by atoms with Crippen LogP contribution < -0.4 is 0 Å². The van der Waals surface area contributed by atoms with Crippen LogP contribution in [0.4, 0.5) is 22.0 Å². The summed E-state index contributed by atoms with van der Waals surface area (Å²) in [7, 11) is 0. The molecule has 0 N–H and O–H groups in total. The fourth-order valence-corrected chi connectivity index (χ4v) is 2.07. The van der Waals surface area contributed by atoms with Crippen LogP contribution in [0, 0.1) is 40.9 Å². The van der Waals surface area contributed by atoms with Gasteiger partial charge in [-0.15, -0.1) is 0 Å². The second kappa shape index (κ2) is 7.07. The van der Waals surface area contributed by atoms with Crippen LogP contribution in [0.1, 0.15) is 38.1 Å². The third kappa shape index (κ3) is 3.75. The van der Waals surface area contributed by atoms with E-state index in [0.29, 0.717) is 0 Å². The highest BCUT2D eigenvalue weighted by molar-refractivity contribution is 5.95. The highest BCUT2D eigenvalue weighted by atomic mass is 19.2. The first-order chi connectivity index (χ1) is 10.1. The van der Waals surface area contributed by atoms with Gasteiger partial charge >= 0.3 is 0 Å². The van der Waals surface area contributed by atoms with E-state index in [0.717, 1.165) is 4.90 Å². The molecule has 1 rings (SSSR count). The Morgan fingerprint density at radius 3 is 1.41 bits per heavy atom. The summed E-state index contributed by atoms with van der Waals surface area (Å²) in [5.74, 6) is -11.9. The zero-order valence-corrected chi connectivity index (χ0v) is 12.8. The molecule has 0 atom stereocenters. The fourth-order valence-electron chi connectivity index (χ4n) is 2.07. The van der Waals surface area contributed by atoms with Crippen LogP contribution in [0.15, 0.2) is 0 Å². The summed E-state index contributed by atoms with van der Waals surface area (Å²) in [6.45, 7) is 7.41. The molecule has 2 nitrogen and oxygen atoms in total. The lowest BCUT2D eigenvalue weighted by molar-refractivity contribution is 0.0701. The van der Waals surface area contributed by atoms with E-state index in [9.17, 15) is 26.7 Å². The van der Waals surface area contributed by atoms with E-state index >= 15 is 0 Å². The zero-order chi connectivity index (χ0) is 17.2. The summed E-state index contributed by atoms with van der Waals surface area (Å²) in [6.07, 6.45) is 0. The molecule has 0 aliphatic rings. The molecule has 22 heavy (non-hydrogen) atoms. The molecule has 0 saturated heterocycles. The first-order valence-electron chi connectivity index (χ1n) is 6.88. The maximum atomic E-state index is 13.7. The molecule has 0 bridgehead atoms. The van der Waals surface area contributed by atoms with Crippen molar-refractivity contribution in [1.29, 1.82) is 0 Å². The molecule has 0 aromatic heterocycles. The molecule has 0 unspecified atom stereocenters. The van der Waals surface area contributed by atoms with Gasteiger partial charge in [0.15, 0.2) is 23.3 Å². The van der Waals surface area contributed by atoms with Crippen LogP contribution >= 0.6 is 0 Å². The first-order valence-corrected chi connectivity index (χ1v) is 6.88. The third-order valence-corrected chi connectivity index (χ3v) is 2.88. The first kappa shape index (κ1) is 18.4. The molecule has 0 radical (unpaired) electrons. The van der Waals surface area contributed by atoms with E-state index in [1.165, 1.54) is 0 Å². The molecule has 0 saturated carbocycles. The average Bonchev–Trinajstić information content (AvgIpc) is 2.41. The maximum absolute atomic E-state index is 13.7. The van der Waals surface area contributed by atoms with Crippen molar-refractivity contribution >= 4 is 5.91 Å². The Bertz CT molecular complexity index is 533. The molecule has 1 aromatic carbocycles. The van der Waals surface area contributed by atoms with Crippen molar-refractivity contribution in [3.8, 4) is 0 Å². The van der Waals surface area contributed by atoms with Crippen molar-refractivity contribution in [1.82, 2.24) is 4.90 Å². The van der Waals surface area contributed by atoms with Crippen molar-refractivity contribution in [2.24, 2.45) is 11.8 Å². The van der Waals surface area contributed by atoms with Crippen molar-refractivity contribution in [3.05, 3.63) is 34.6 Å². The number of hydrogen-bond acceptors (Lipinski definition) is 1. The number of benzene rings is 1. The molecule has 124 valence electrons. The largest absolute Gasteiger partial charge is 0.338 e. The Balaban J connectivity index is 3.36. The molecule has 0 aliphatic heterocycles. The van der Waals surface area contributed by atoms with Crippen molar-refractivity contribution < 1.29 is 26.7 Å². The molecule has 0 heterocycles. The molecule has 7 heteroatoms. The molecule has 0 fully saturated rings. The molecular formula is C15H18F5NO. The highest BCUT2D eigenvalue weighted by Gasteiger charge is 2.32. The highest BCUT2D eigenvalue weighted by Crippen LogP contribution is 2.24. The van der Waals surface area contributed by atoms with E-state index in [2.05, 4.69) is 0 Å². The fraction of sp³-hybridized carbons (Fsp3) is 0.533. The van der Waals surface area contributed by atoms with Crippen LogP contribution in [0.25, 0.3) is 0 Å². The van der Waals surface area contributed by atoms with E-state index in [-0.39, 0.29) is 24.9 Å². The number of rotatable bonds is 5. The van der Waals surface area contributed by atoms with Gasteiger partial charge in [-0.1, -0.05) is 27.7 Å². The predicted octanol–water partition coefficient (Wildman–Crippen LogP) is 4.14. The Labute approximate surface area is 125 Å². The summed E-state index contributed by atoms with van der Waals surface area (Å²) < 4.78 is 66.9. The van der Waals surface area contributed by atoms with Crippen LogP contribution in [-0.4, -0.2) is 23.9 Å². The number of amides is 1. The van der Waals surface area contributed by atoms with Gasteiger partial charge in [0.2, 0.25) is 5.82 Å². The van der Waals surface area contributed by atoms with E-state index in [1.54, 1.807) is 27.7 Å². The summed E-state index contributed by atoms with van der Waals surface area (Å²) in [5, 5.41) is 0. The SMILES string of the molecule is CC(C)CN(CC(C)C)C(=O)c1c(F)c(F)c(F)c(F)c1F. The number of halogens is 5. The van der Waals surface area contributed by atoms with Crippen LogP contribution in [0.5, 0.6) is 0 Å². The zero-order valence-electron chi connectivity index (χ0n) is 12.8. The van der Waals surface area contributed by atoms with Crippen molar-refractivity contribution in [3.63, 3.8) is 0 Å². The van der Waals surface area contributed by atoms with Gasteiger partial charge in [-0.25, -0.2) is 22.0 Å². The minimum Gasteiger partial charge on any atom is -0.338 e. The topological polar surface area (TPSA) is 20.3 Å². The van der Waals surface area contributed by atoms with Crippen LogP contribution in [0.3, 0.4) is 0 Å². The van der Waals surface area contributed by atoms with Gasteiger partial charge in [-0.2, -0.15) is 0 Å². The predicted molar refractivity (Wildman–Crippen MR) is 71.8 cm³/mol. The van der Waals surface area contributed by atoms with Crippen molar-refractivity contribution in [2.75, 3.05) is 13.1 Å². The van der Waals surface area contributed by atoms with Gasteiger partial charge in [-0.05, 0) is 11.8 Å². The van der Waals surface area contributed by atoms with Gasteiger partial charge in [-0.3, -0.25) is 4.79 Å².